The Hall–Kier alpha value is -4.78. The highest BCUT2D eigenvalue weighted by molar-refractivity contribution is 6.09. The van der Waals surface area contributed by atoms with Gasteiger partial charge in [-0.3, -0.25) is 14.6 Å². The minimum absolute atomic E-state index is 0.142. The molecule has 4 rings (SSSR count). The molecule has 0 bridgehead atoms. The average Bonchev–Trinajstić information content (AvgIpc) is 2.91. The lowest BCUT2D eigenvalue weighted by molar-refractivity contribution is -0.111. The number of hydrogen-bond donors (Lipinski definition) is 2. The van der Waals surface area contributed by atoms with Crippen molar-refractivity contribution in [1.82, 2.24) is 10.3 Å². The summed E-state index contributed by atoms with van der Waals surface area (Å²) < 4.78 is 4.84. The van der Waals surface area contributed by atoms with Crippen molar-refractivity contribution >= 4 is 39.8 Å². The van der Waals surface area contributed by atoms with Crippen molar-refractivity contribution < 1.29 is 19.1 Å². The molecule has 180 valence electrons. The first kappa shape index (κ1) is 24.3. The Morgan fingerprint density at radius 1 is 0.889 bits per heavy atom. The molecule has 0 aliphatic heterocycles. The van der Waals surface area contributed by atoms with Gasteiger partial charge in [0.05, 0.1) is 30.6 Å². The minimum Gasteiger partial charge on any atom is -0.465 e. The van der Waals surface area contributed by atoms with Gasteiger partial charge in [-0.25, -0.2) is 4.79 Å². The van der Waals surface area contributed by atoms with Crippen molar-refractivity contribution in [2.75, 3.05) is 12.4 Å². The Morgan fingerprint density at radius 3 is 2.39 bits per heavy atom. The highest BCUT2D eigenvalue weighted by Crippen LogP contribution is 2.23. The number of carbonyl (C=O) groups excluding carboxylic acids is 3. The molecule has 0 fully saturated rings. The lowest BCUT2D eigenvalue weighted by Gasteiger charge is -2.12. The second-order valence-corrected chi connectivity index (χ2v) is 8.13. The van der Waals surface area contributed by atoms with E-state index in [1.54, 1.807) is 18.3 Å². The first-order valence-corrected chi connectivity index (χ1v) is 11.3. The van der Waals surface area contributed by atoms with E-state index in [0.29, 0.717) is 5.69 Å². The predicted octanol–water partition coefficient (Wildman–Crippen LogP) is 4.99. The number of nitrogens with zero attached hydrogens (tertiary/aromatic N) is 1. The molecule has 7 nitrogen and oxygen atoms in total. The van der Waals surface area contributed by atoms with Gasteiger partial charge in [-0.1, -0.05) is 42.5 Å². The van der Waals surface area contributed by atoms with Crippen molar-refractivity contribution in [3.8, 4) is 0 Å². The van der Waals surface area contributed by atoms with Crippen molar-refractivity contribution in [1.29, 1.82) is 0 Å². The average molecular weight is 480 g/mol. The molecular formula is C29H25N3O4. The maximum absolute atomic E-state index is 12.9. The molecule has 2 amide bonds. The van der Waals surface area contributed by atoms with E-state index in [0.717, 1.165) is 21.9 Å². The smallest absolute Gasteiger partial charge is 0.339 e. The van der Waals surface area contributed by atoms with Crippen molar-refractivity contribution in [3.05, 3.63) is 114 Å². The van der Waals surface area contributed by atoms with Gasteiger partial charge in [0.25, 0.3) is 5.91 Å². The molecule has 1 aromatic heterocycles. The number of amides is 2. The van der Waals surface area contributed by atoms with Gasteiger partial charge >= 0.3 is 5.97 Å². The van der Waals surface area contributed by atoms with Gasteiger partial charge in [0.2, 0.25) is 5.91 Å². The number of methoxy groups -OCH3 is 1. The molecule has 0 atom stereocenters. The predicted molar refractivity (Wildman–Crippen MR) is 139 cm³/mol. The summed E-state index contributed by atoms with van der Waals surface area (Å²) in [6.07, 6.45) is 3.10. The summed E-state index contributed by atoms with van der Waals surface area (Å²) in [4.78, 5) is 42.0. The zero-order valence-electron chi connectivity index (χ0n) is 19.9. The summed E-state index contributed by atoms with van der Waals surface area (Å²) in [5, 5.41) is 7.69. The Balaban J connectivity index is 1.54. The maximum Gasteiger partial charge on any atom is 0.339 e. The van der Waals surface area contributed by atoms with Crippen LogP contribution in [0, 0.1) is 0 Å². The number of rotatable bonds is 7. The second kappa shape index (κ2) is 11.1. The van der Waals surface area contributed by atoms with Gasteiger partial charge in [-0.2, -0.15) is 0 Å². The number of nitrogens with one attached hydrogen (secondary N) is 2. The molecule has 7 heteroatoms. The van der Waals surface area contributed by atoms with Crippen LogP contribution in [0.1, 0.15) is 38.9 Å². The number of carbonyl (C=O) groups is 3. The van der Waals surface area contributed by atoms with E-state index in [1.807, 2.05) is 55.5 Å². The highest BCUT2D eigenvalue weighted by atomic mass is 16.5. The molecule has 0 saturated heterocycles. The summed E-state index contributed by atoms with van der Waals surface area (Å²) in [6.45, 7) is 2.08. The Labute approximate surface area is 208 Å². The van der Waals surface area contributed by atoms with Crippen molar-refractivity contribution in [3.63, 3.8) is 0 Å². The SMILES string of the molecule is COC(=O)c1ccc(C(=O)NCc2ccccn2)cc1NC(=O)C=C(C)c1ccc2ccccc2c1. The van der Waals surface area contributed by atoms with Crippen LogP contribution in [0.4, 0.5) is 5.69 Å². The number of esters is 1. The second-order valence-electron chi connectivity index (χ2n) is 8.13. The summed E-state index contributed by atoms with van der Waals surface area (Å²) in [5.41, 5.74) is 2.97. The van der Waals surface area contributed by atoms with Crippen LogP contribution in [0.2, 0.25) is 0 Å². The minimum atomic E-state index is -0.624. The molecule has 1 heterocycles. The van der Waals surface area contributed by atoms with E-state index >= 15 is 0 Å². The number of pyridine rings is 1. The maximum atomic E-state index is 12.9. The van der Waals surface area contributed by atoms with E-state index < -0.39 is 11.9 Å². The molecular weight excluding hydrogens is 454 g/mol. The fraction of sp³-hybridized carbons (Fsp3) is 0.103. The summed E-state index contributed by atoms with van der Waals surface area (Å²) >= 11 is 0. The zero-order valence-corrected chi connectivity index (χ0v) is 19.9. The van der Waals surface area contributed by atoms with E-state index in [1.165, 1.54) is 31.4 Å². The van der Waals surface area contributed by atoms with Gasteiger partial charge in [-0.15, -0.1) is 0 Å². The fourth-order valence-electron chi connectivity index (χ4n) is 3.74. The Bertz CT molecular complexity index is 1460. The van der Waals surface area contributed by atoms with Gasteiger partial charge in [0.15, 0.2) is 0 Å². The van der Waals surface area contributed by atoms with Crippen LogP contribution in [-0.4, -0.2) is 29.9 Å². The molecule has 0 aliphatic carbocycles. The first-order valence-electron chi connectivity index (χ1n) is 11.3. The number of ether oxygens (including phenoxy) is 1. The normalized spacial score (nSPS) is 11.1. The van der Waals surface area contributed by atoms with Gasteiger partial charge in [-0.05, 0) is 65.2 Å². The third kappa shape index (κ3) is 5.82. The molecule has 0 saturated carbocycles. The van der Waals surface area contributed by atoms with E-state index in [2.05, 4.69) is 15.6 Å². The lowest BCUT2D eigenvalue weighted by Crippen LogP contribution is -2.24. The van der Waals surface area contributed by atoms with Gasteiger partial charge < -0.3 is 15.4 Å². The molecule has 0 unspecified atom stereocenters. The third-order valence-corrected chi connectivity index (χ3v) is 5.65. The summed E-state index contributed by atoms with van der Waals surface area (Å²) in [7, 11) is 1.26. The van der Waals surface area contributed by atoms with E-state index in [9.17, 15) is 14.4 Å². The monoisotopic (exact) mass is 479 g/mol. The molecule has 4 aromatic rings. The molecule has 0 aliphatic rings. The molecule has 36 heavy (non-hydrogen) atoms. The summed E-state index contributed by atoms with van der Waals surface area (Å²) in [5.74, 6) is -1.42. The molecule has 3 aromatic carbocycles. The Morgan fingerprint density at radius 2 is 1.64 bits per heavy atom. The van der Waals surface area contributed by atoms with Crippen molar-refractivity contribution in [2.24, 2.45) is 0 Å². The van der Waals surface area contributed by atoms with Crippen LogP contribution < -0.4 is 10.6 Å². The van der Waals surface area contributed by atoms with Crippen LogP contribution in [0.15, 0.2) is 91.1 Å². The largest absolute Gasteiger partial charge is 0.465 e. The highest BCUT2D eigenvalue weighted by Gasteiger charge is 2.17. The van der Waals surface area contributed by atoms with Crippen LogP contribution in [0.3, 0.4) is 0 Å². The number of fused-ring (bicyclic) bond motifs is 1. The quantitative estimate of drug-likeness (QED) is 0.287. The lowest BCUT2D eigenvalue weighted by atomic mass is 10.0. The fourth-order valence-corrected chi connectivity index (χ4v) is 3.74. The first-order chi connectivity index (χ1) is 17.4. The number of allylic oxidation sites excluding steroid dienone is 1. The Kier molecular flexibility index (Phi) is 7.51. The molecule has 0 spiro atoms. The topological polar surface area (TPSA) is 97.4 Å². The molecule has 0 radical (unpaired) electrons. The summed E-state index contributed by atoms with van der Waals surface area (Å²) in [6, 6.07) is 23.8. The van der Waals surface area contributed by atoms with E-state index in [-0.39, 0.29) is 29.3 Å². The zero-order chi connectivity index (χ0) is 25.5. The van der Waals surface area contributed by atoms with Crippen LogP contribution >= 0.6 is 0 Å². The van der Waals surface area contributed by atoms with Crippen molar-refractivity contribution in [2.45, 2.75) is 13.5 Å². The van der Waals surface area contributed by atoms with Gasteiger partial charge in [0, 0.05) is 17.8 Å². The standard InChI is InChI=1S/C29H25N3O4/c1-19(21-11-10-20-7-3-4-8-22(20)16-21)15-27(33)32-26-17-23(12-13-25(26)29(35)36-2)28(34)31-18-24-9-5-6-14-30-24/h3-17H,18H2,1-2H3,(H,31,34)(H,32,33). The van der Waals surface area contributed by atoms with Crippen LogP contribution in [0.5, 0.6) is 0 Å². The number of hydrogen-bond acceptors (Lipinski definition) is 5. The number of aromatic nitrogens is 1. The number of benzene rings is 3. The van der Waals surface area contributed by atoms with Crippen LogP contribution in [0.25, 0.3) is 16.3 Å². The molecule has 2 N–H and O–H groups in total. The van der Waals surface area contributed by atoms with Crippen LogP contribution in [-0.2, 0) is 16.1 Å². The van der Waals surface area contributed by atoms with Gasteiger partial charge in [0.1, 0.15) is 0 Å². The van der Waals surface area contributed by atoms with E-state index in [4.69, 9.17) is 4.74 Å². The third-order valence-electron chi connectivity index (χ3n) is 5.65. The number of anilines is 1.